The summed E-state index contributed by atoms with van der Waals surface area (Å²) in [5.74, 6) is 1.02. The number of hydrogen-bond donors (Lipinski definition) is 1. The molecule has 0 bridgehead atoms. The van der Waals surface area contributed by atoms with E-state index in [2.05, 4.69) is 31.0 Å². The molecule has 0 amide bonds. The van der Waals surface area contributed by atoms with Gasteiger partial charge in [-0.1, -0.05) is 13.3 Å². The van der Waals surface area contributed by atoms with Crippen molar-refractivity contribution in [3.05, 3.63) is 0 Å². The smallest absolute Gasteiger partial charge is 0.0252 e. The molecule has 0 heterocycles. The minimum absolute atomic E-state index is 0.713. The van der Waals surface area contributed by atoms with Crippen LogP contribution in [0.1, 0.15) is 59.3 Å². The highest BCUT2D eigenvalue weighted by Gasteiger charge is 2.35. The molecule has 0 aromatic heterocycles. The summed E-state index contributed by atoms with van der Waals surface area (Å²) in [4.78, 5) is 2.79. The molecule has 2 fully saturated rings. The van der Waals surface area contributed by atoms with Crippen molar-refractivity contribution in [3.8, 4) is 0 Å². The normalized spacial score (nSPS) is 29.5. The van der Waals surface area contributed by atoms with Crippen LogP contribution in [-0.2, 0) is 0 Å². The largest absolute Gasteiger partial charge is 0.312 e. The van der Waals surface area contributed by atoms with Crippen molar-refractivity contribution in [2.45, 2.75) is 77.4 Å². The fourth-order valence-corrected chi connectivity index (χ4v) is 3.23. The van der Waals surface area contributed by atoms with Crippen LogP contribution in [0.2, 0.25) is 0 Å². The second kappa shape index (κ2) is 6.19. The molecular weight excluding hydrogens is 208 g/mol. The van der Waals surface area contributed by atoms with E-state index in [1.807, 2.05) is 0 Å². The first-order valence-electron chi connectivity index (χ1n) is 7.71. The molecule has 2 rings (SSSR count). The average molecular weight is 238 g/mol. The summed E-state index contributed by atoms with van der Waals surface area (Å²) in [6.45, 7) is 9.56. The van der Waals surface area contributed by atoms with Gasteiger partial charge in [-0.05, 0) is 58.4 Å². The second-order valence-electron chi connectivity index (χ2n) is 6.29. The standard InChI is InChI=1S/C15H30N2/c1-4-10-16-14-6-5-7-15(14)17(12(2)3)11-13-8-9-13/h12-16H,4-11H2,1-3H3. The van der Waals surface area contributed by atoms with Crippen molar-refractivity contribution < 1.29 is 0 Å². The van der Waals surface area contributed by atoms with Gasteiger partial charge in [-0.3, -0.25) is 4.90 Å². The van der Waals surface area contributed by atoms with Crippen LogP contribution < -0.4 is 5.32 Å². The molecule has 1 N–H and O–H groups in total. The second-order valence-corrected chi connectivity index (χ2v) is 6.29. The summed E-state index contributed by atoms with van der Waals surface area (Å²) in [5, 5.41) is 3.77. The Labute approximate surface area is 107 Å². The van der Waals surface area contributed by atoms with Gasteiger partial charge < -0.3 is 5.32 Å². The zero-order valence-electron chi connectivity index (χ0n) is 11.9. The molecular formula is C15H30N2. The Morgan fingerprint density at radius 2 is 1.94 bits per heavy atom. The predicted molar refractivity (Wildman–Crippen MR) is 74.3 cm³/mol. The van der Waals surface area contributed by atoms with Crippen LogP contribution in [0.4, 0.5) is 0 Å². The molecule has 0 aromatic rings. The highest BCUT2D eigenvalue weighted by atomic mass is 15.2. The van der Waals surface area contributed by atoms with Crippen molar-refractivity contribution in [1.29, 1.82) is 0 Å². The van der Waals surface area contributed by atoms with Gasteiger partial charge in [-0.2, -0.15) is 0 Å². The molecule has 2 aliphatic carbocycles. The molecule has 100 valence electrons. The zero-order chi connectivity index (χ0) is 12.3. The maximum atomic E-state index is 3.77. The first kappa shape index (κ1) is 13.4. The van der Waals surface area contributed by atoms with Gasteiger partial charge in [-0.15, -0.1) is 0 Å². The number of nitrogens with one attached hydrogen (secondary N) is 1. The molecule has 2 aliphatic rings. The van der Waals surface area contributed by atoms with Gasteiger partial charge >= 0.3 is 0 Å². The van der Waals surface area contributed by atoms with Crippen LogP contribution in [0.5, 0.6) is 0 Å². The summed E-state index contributed by atoms with van der Waals surface area (Å²) in [6.07, 6.45) is 8.42. The highest BCUT2D eigenvalue weighted by molar-refractivity contribution is 4.93. The Kier molecular flexibility index (Phi) is 4.87. The Balaban J connectivity index is 1.90. The molecule has 2 unspecified atom stereocenters. The molecule has 0 saturated heterocycles. The van der Waals surface area contributed by atoms with Gasteiger partial charge in [0.2, 0.25) is 0 Å². The Hall–Kier alpha value is -0.0800. The fraction of sp³-hybridized carbons (Fsp3) is 1.00. The monoisotopic (exact) mass is 238 g/mol. The summed E-state index contributed by atoms with van der Waals surface area (Å²) in [6, 6.07) is 2.28. The summed E-state index contributed by atoms with van der Waals surface area (Å²) >= 11 is 0. The minimum Gasteiger partial charge on any atom is -0.312 e. The SMILES string of the molecule is CCCNC1CCCC1N(CC1CC1)C(C)C. The molecule has 0 radical (unpaired) electrons. The third-order valence-corrected chi connectivity index (χ3v) is 4.39. The van der Waals surface area contributed by atoms with Crippen LogP contribution in [-0.4, -0.2) is 36.1 Å². The molecule has 0 spiro atoms. The van der Waals surface area contributed by atoms with Crippen molar-refractivity contribution in [2.75, 3.05) is 13.1 Å². The maximum Gasteiger partial charge on any atom is 0.0252 e. The Morgan fingerprint density at radius 3 is 2.53 bits per heavy atom. The van der Waals surface area contributed by atoms with E-state index in [4.69, 9.17) is 0 Å². The predicted octanol–water partition coefficient (Wildman–Crippen LogP) is 3.03. The van der Waals surface area contributed by atoms with Crippen LogP contribution in [0, 0.1) is 5.92 Å². The van der Waals surface area contributed by atoms with E-state index in [9.17, 15) is 0 Å². The molecule has 2 heteroatoms. The van der Waals surface area contributed by atoms with Crippen LogP contribution in [0.3, 0.4) is 0 Å². The lowest BCUT2D eigenvalue weighted by Gasteiger charge is -2.36. The van der Waals surface area contributed by atoms with Crippen LogP contribution >= 0.6 is 0 Å². The van der Waals surface area contributed by atoms with Crippen LogP contribution in [0.25, 0.3) is 0 Å². The minimum atomic E-state index is 0.713. The lowest BCUT2D eigenvalue weighted by molar-refractivity contribution is 0.127. The summed E-state index contributed by atoms with van der Waals surface area (Å²) in [5.41, 5.74) is 0. The molecule has 17 heavy (non-hydrogen) atoms. The van der Waals surface area contributed by atoms with Gasteiger partial charge in [0, 0.05) is 24.7 Å². The number of hydrogen-bond acceptors (Lipinski definition) is 2. The first-order chi connectivity index (χ1) is 8.22. The number of nitrogens with zero attached hydrogens (tertiary/aromatic N) is 1. The summed E-state index contributed by atoms with van der Waals surface area (Å²) in [7, 11) is 0. The zero-order valence-corrected chi connectivity index (χ0v) is 11.9. The van der Waals surface area contributed by atoms with E-state index in [1.165, 1.54) is 51.6 Å². The molecule has 2 nitrogen and oxygen atoms in total. The van der Waals surface area contributed by atoms with Gasteiger partial charge in [0.05, 0.1) is 0 Å². The van der Waals surface area contributed by atoms with E-state index in [1.54, 1.807) is 0 Å². The Morgan fingerprint density at radius 1 is 1.18 bits per heavy atom. The quantitative estimate of drug-likeness (QED) is 0.733. The maximum absolute atomic E-state index is 3.77. The third-order valence-electron chi connectivity index (χ3n) is 4.39. The molecule has 2 saturated carbocycles. The average Bonchev–Trinajstić information content (AvgIpc) is 3.01. The van der Waals surface area contributed by atoms with E-state index in [-0.39, 0.29) is 0 Å². The van der Waals surface area contributed by atoms with Gasteiger partial charge in [0.1, 0.15) is 0 Å². The van der Waals surface area contributed by atoms with E-state index in [0.29, 0.717) is 6.04 Å². The van der Waals surface area contributed by atoms with E-state index in [0.717, 1.165) is 18.0 Å². The highest BCUT2D eigenvalue weighted by Crippen LogP contribution is 2.34. The fourth-order valence-electron chi connectivity index (χ4n) is 3.23. The first-order valence-corrected chi connectivity index (χ1v) is 7.71. The van der Waals surface area contributed by atoms with E-state index < -0.39 is 0 Å². The van der Waals surface area contributed by atoms with Crippen molar-refractivity contribution in [1.82, 2.24) is 10.2 Å². The van der Waals surface area contributed by atoms with Crippen LogP contribution in [0.15, 0.2) is 0 Å². The lowest BCUT2D eigenvalue weighted by atomic mass is 10.1. The molecule has 0 aliphatic heterocycles. The van der Waals surface area contributed by atoms with Gasteiger partial charge in [0.25, 0.3) is 0 Å². The van der Waals surface area contributed by atoms with Gasteiger partial charge in [-0.25, -0.2) is 0 Å². The van der Waals surface area contributed by atoms with Crippen molar-refractivity contribution >= 4 is 0 Å². The topological polar surface area (TPSA) is 15.3 Å². The van der Waals surface area contributed by atoms with Crippen molar-refractivity contribution in [2.24, 2.45) is 5.92 Å². The third kappa shape index (κ3) is 3.69. The number of rotatable bonds is 7. The Bertz CT molecular complexity index is 223. The molecule has 0 aromatic carbocycles. The van der Waals surface area contributed by atoms with Gasteiger partial charge in [0.15, 0.2) is 0 Å². The summed E-state index contributed by atoms with van der Waals surface area (Å²) < 4.78 is 0. The van der Waals surface area contributed by atoms with E-state index >= 15 is 0 Å². The lowest BCUT2D eigenvalue weighted by Crippen LogP contribution is -2.50. The molecule has 2 atom stereocenters. The van der Waals surface area contributed by atoms with Crippen molar-refractivity contribution in [3.63, 3.8) is 0 Å².